The van der Waals surface area contributed by atoms with Crippen molar-refractivity contribution >= 4 is 0 Å². The number of hydrogen-bond acceptors (Lipinski definition) is 1. The molecule has 0 heterocycles. The van der Waals surface area contributed by atoms with Crippen LogP contribution in [0, 0.1) is 0 Å². The first-order valence-corrected chi connectivity index (χ1v) is 3.35. The molecule has 0 aliphatic heterocycles. The summed E-state index contributed by atoms with van der Waals surface area (Å²) in [6.45, 7) is 7.54. The van der Waals surface area contributed by atoms with E-state index in [4.69, 9.17) is 5.11 Å². The third-order valence-electron chi connectivity index (χ3n) is 1.42. The smallest absolute Gasteiger partial charge is 0.0684 e. The minimum Gasteiger partial charge on any atom is -0.392 e. The molecule has 56 valence electrons. The Kier molecular flexibility index (Phi) is 4.59. The van der Waals surface area contributed by atoms with E-state index in [0.717, 1.165) is 11.1 Å². The van der Waals surface area contributed by atoms with Gasteiger partial charge in [-0.1, -0.05) is 24.8 Å². The average Bonchev–Trinajstić information content (AvgIpc) is 2.00. The van der Waals surface area contributed by atoms with Crippen molar-refractivity contribution in [1.29, 1.82) is 0 Å². The summed E-state index contributed by atoms with van der Waals surface area (Å²) in [5.41, 5.74) is 1.93. The van der Waals surface area contributed by atoms with Crippen molar-refractivity contribution in [3.63, 3.8) is 0 Å². The lowest BCUT2D eigenvalue weighted by Gasteiger charge is -2.01. The Labute approximate surface area is 62.4 Å². The summed E-state index contributed by atoms with van der Waals surface area (Å²) in [6, 6.07) is 0. The summed E-state index contributed by atoms with van der Waals surface area (Å²) >= 11 is 0. The molecule has 0 aromatic rings. The summed E-state index contributed by atoms with van der Waals surface area (Å²) in [4.78, 5) is 0. The SMILES string of the molecule is C=CC(=C\C)/C(=C\C)CO. The van der Waals surface area contributed by atoms with Crippen LogP contribution < -0.4 is 0 Å². The predicted molar refractivity (Wildman–Crippen MR) is 44.8 cm³/mol. The van der Waals surface area contributed by atoms with Gasteiger partial charge in [0.25, 0.3) is 0 Å². The second-order valence-corrected chi connectivity index (χ2v) is 1.92. The van der Waals surface area contributed by atoms with Gasteiger partial charge in [-0.2, -0.15) is 0 Å². The zero-order valence-electron chi connectivity index (χ0n) is 6.59. The van der Waals surface area contributed by atoms with Crippen LogP contribution in [-0.2, 0) is 0 Å². The summed E-state index contributed by atoms with van der Waals surface area (Å²) in [5, 5.41) is 8.80. The molecule has 0 fully saturated rings. The number of hydrogen-bond donors (Lipinski definition) is 1. The fraction of sp³-hybridized carbons (Fsp3) is 0.333. The number of aliphatic hydroxyl groups excluding tert-OH is 1. The molecule has 0 atom stereocenters. The van der Waals surface area contributed by atoms with Gasteiger partial charge in [-0.3, -0.25) is 0 Å². The quantitative estimate of drug-likeness (QED) is 0.592. The summed E-state index contributed by atoms with van der Waals surface area (Å²) in [6.07, 6.45) is 5.56. The van der Waals surface area contributed by atoms with E-state index in [1.54, 1.807) is 6.08 Å². The highest BCUT2D eigenvalue weighted by Crippen LogP contribution is 2.08. The molecule has 0 aliphatic rings. The third-order valence-corrected chi connectivity index (χ3v) is 1.42. The van der Waals surface area contributed by atoms with E-state index in [0.29, 0.717) is 0 Å². The number of aliphatic hydroxyl groups is 1. The Morgan fingerprint density at radius 3 is 2.10 bits per heavy atom. The van der Waals surface area contributed by atoms with Crippen LogP contribution in [0.25, 0.3) is 0 Å². The first-order chi connectivity index (χ1) is 4.79. The maximum Gasteiger partial charge on any atom is 0.0684 e. The maximum absolute atomic E-state index is 8.80. The first kappa shape index (κ1) is 9.18. The molecule has 0 radical (unpaired) electrons. The summed E-state index contributed by atoms with van der Waals surface area (Å²) in [7, 11) is 0. The largest absolute Gasteiger partial charge is 0.392 e. The van der Waals surface area contributed by atoms with Crippen molar-refractivity contribution in [2.24, 2.45) is 0 Å². The highest BCUT2D eigenvalue weighted by molar-refractivity contribution is 5.38. The Morgan fingerprint density at radius 2 is 2.00 bits per heavy atom. The average molecular weight is 138 g/mol. The van der Waals surface area contributed by atoms with Crippen LogP contribution in [0.2, 0.25) is 0 Å². The molecule has 1 heteroatoms. The third kappa shape index (κ3) is 2.19. The minimum atomic E-state index is 0.0855. The first-order valence-electron chi connectivity index (χ1n) is 3.35. The van der Waals surface area contributed by atoms with Crippen LogP contribution in [0.3, 0.4) is 0 Å². The molecule has 0 bridgehead atoms. The van der Waals surface area contributed by atoms with Gasteiger partial charge >= 0.3 is 0 Å². The predicted octanol–water partition coefficient (Wildman–Crippen LogP) is 2.06. The molecule has 0 spiro atoms. The van der Waals surface area contributed by atoms with Crippen LogP contribution in [0.15, 0.2) is 36.0 Å². The van der Waals surface area contributed by atoms with Gasteiger partial charge in [-0.25, -0.2) is 0 Å². The van der Waals surface area contributed by atoms with Crippen molar-refractivity contribution in [2.45, 2.75) is 13.8 Å². The zero-order valence-corrected chi connectivity index (χ0v) is 6.59. The van der Waals surface area contributed by atoms with Crippen molar-refractivity contribution in [3.05, 3.63) is 36.0 Å². The lowest BCUT2D eigenvalue weighted by atomic mass is 10.1. The van der Waals surface area contributed by atoms with Crippen molar-refractivity contribution < 1.29 is 5.11 Å². The zero-order chi connectivity index (χ0) is 7.98. The second kappa shape index (κ2) is 5.00. The molecule has 0 aromatic carbocycles. The number of allylic oxidation sites excluding steroid dienone is 3. The topological polar surface area (TPSA) is 20.2 Å². The second-order valence-electron chi connectivity index (χ2n) is 1.92. The molecule has 0 amide bonds. The summed E-state index contributed by atoms with van der Waals surface area (Å²) < 4.78 is 0. The molecular weight excluding hydrogens is 124 g/mol. The van der Waals surface area contributed by atoms with Gasteiger partial charge < -0.3 is 5.11 Å². The molecule has 1 nitrogen and oxygen atoms in total. The summed E-state index contributed by atoms with van der Waals surface area (Å²) in [5.74, 6) is 0. The van der Waals surface area contributed by atoms with Crippen LogP contribution in [0.5, 0.6) is 0 Å². The van der Waals surface area contributed by atoms with Crippen LogP contribution in [-0.4, -0.2) is 11.7 Å². The van der Waals surface area contributed by atoms with E-state index in [2.05, 4.69) is 6.58 Å². The van der Waals surface area contributed by atoms with Gasteiger partial charge in [0.1, 0.15) is 0 Å². The number of rotatable bonds is 3. The van der Waals surface area contributed by atoms with Crippen LogP contribution in [0.4, 0.5) is 0 Å². The van der Waals surface area contributed by atoms with Gasteiger partial charge in [-0.15, -0.1) is 0 Å². The molecule has 10 heavy (non-hydrogen) atoms. The van der Waals surface area contributed by atoms with Gasteiger partial charge in [-0.05, 0) is 25.0 Å². The lowest BCUT2D eigenvalue weighted by Crippen LogP contribution is -1.91. The van der Waals surface area contributed by atoms with Gasteiger partial charge in [0.2, 0.25) is 0 Å². The van der Waals surface area contributed by atoms with Crippen LogP contribution >= 0.6 is 0 Å². The molecule has 1 N–H and O–H groups in total. The highest BCUT2D eigenvalue weighted by Gasteiger charge is 1.94. The van der Waals surface area contributed by atoms with E-state index in [-0.39, 0.29) is 6.61 Å². The Hall–Kier alpha value is -0.820. The van der Waals surface area contributed by atoms with Crippen molar-refractivity contribution in [3.8, 4) is 0 Å². The van der Waals surface area contributed by atoms with E-state index in [9.17, 15) is 0 Å². The molecular formula is C9H14O. The van der Waals surface area contributed by atoms with E-state index >= 15 is 0 Å². The fourth-order valence-electron chi connectivity index (χ4n) is 0.784. The standard InChI is InChI=1S/C9H14O/c1-4-8(5-2)9(6-3)7-10/h4-6,10H,1,7H2,2-3H3/b8-5+,9-6-. The Bertz CT molecular complexity index is 164. The molecule has 0 unspecified atom stereocenters. The molecule has 0 aromatic heterocycles. The van der Waals surface area contributed by atoms with E-state index in [1.807, 2.05) is 26.0 Å². The van der Waals surface area contributed by atoms with Gasteiger partial charge in [0.05, 0.1) is 6.61 Å². The normalized spacial score (nSPS) is 13.5. The van der Waals surface area contributed by atoms with Gasteiger partial charge in [0, 0.05) is 0 Å². The lowest BCUT2D eigenvalue weighted by molar-refractivity contribution is 0.333. The molecule has 0 saturated carbocycles. The monoisotopic (exact) mass is 138 g/mol. The van der Waals surface area contributed by atoms with Crippen molar-refractivity contribution in [2.75, 3.05) is 6.61 Å². The molecule has 0 aliphatic carbocycles. The molecule has 0 saturated heterocycles. The van der Waals surface area contributed by atoms with Crippen molar-refractivity contribution in [1.82, 2.24) is 0 Å². The Balaban J connectivity index is 4.42. The molecule has 0 rings (SSSR count). The fourth-order valence-corrected chi connectivity index (χ4v) is 0.784. The van der Waals surface area contributed by atoms with E-state index < -0.39 is 0 Å². The maximum atomic E-state index is 8.80. The van der Waals surface area contributed by atoms with Crippen LogP contribution in [0.1, 0.15) is 13.8 Å². The van der Waals surface area contributed by atoms with Gasteiger partial charge in [0.15, 0.2) is 0 Å². The Morgan fingerprint density at radius 1 is 1.40 bits per heavy atom. The highest BCUT2D eigenvalue weighted by atomic mass is 16.3. The van der Waals surface area contributed by atoms with E-state index in [1.165, 1.54) is 0 Å². The minimum absolute atomic E-state index is 0.0855.